The molecule has 2 aromatic rings. The maximum absolute atomic E-state index is 14.1. The van der Waals surface area contributed by atoms with Crippen LogP contribution in [0.3, 0.4) is 0 Å². The van der Waals surface area contributed by atoms with Crippen LogP contribution in [0.1, 0.15) is 20.8 Å². The van der Waals surface area contributed by atoms with Gasteiger partial charge in [-0.3, -0.25) is 9.59 Å². The molecule has 1 N–H and O–H groups in total. The largest absolute Gasteiger partial charge is 0.494 e. The zero-order valence-electron chi connectivity index (χ0n) is 12.1. The Labute approximate surface area is 142 Å². The minimum absolute atomic E-state index is 0.0254. The highest BCUT2D eigenvalue weighted by Crippen LogP contribution is 2.31. The zero-order chi connectivity index (χ0) is 17.4. The van der Waals surface area contributed by atoms with Gasteiger partial charge in [-0.05, 0) is 28.1 Å². The molecule has 0 saturated heterocycles. The van der Waals surface area contributed by atoms with E-state index in [1.165, 1.54) is 25.4 Å². The van der Waals surface area contributed by atoms with E-state index in [1.54, 1.807) is 0 Å². The van der Waals surface area contributed by atoms with E-state index in [0.29, 0.717) is 0 Å². The van der Waals surface area contributed by atoms with Gasteiger partial charge in [-0.2, -0.15) is 4.39 Å². The van der Waals surface area contributed by atoms with Crippen molar-refractivity contribution >= 4 is 33.2 Å². The first-order valence-corrected chi connectivity index (χ1v) is 7.33. The highest BCUT2D eigenvalue weighted by atomic mass is 79.9. The summed E-state index contributed by atoms with van der Waals surface area (Å²) < 4.78 is 32.4. The second-order valence-corrected chi connectivity index (χ2v) is 5.49. The molecule has 0 fully saturated rings. The summed E-state index contributed by atoms with van der Waals surface area (Å²) in [5.41, 5.74) is -0.635. The molecule has 0 aliphatic heterocycles. The van der Waals surface area contributed by atoms with Crippen molar-refractivity contribution in [2.75, 3.05) is 12.4 Å². The van der Waals surface area contributed by atoms with Crippen LogP contribution in [0.4, 0.5) is 14.5 Å². The number of Topliss-reactive ketones (excluding diaryl/α,β-unsaturated/α-hetero) is 2. The van der Waals surface area contributed by atoms with Gasteiger partial charge in [0.25, 0.3) is 0 Å². The summed E-state index contributed by atoms with van der Waals surface area (Å²) in [5.74, 6) is -3.91. The standard InChI is InChI=1S/C15H8BrF2N3O3/c1-24-8-3-2-7(10(17)11(8)18)21-13-9(16)15(23)12-6(14(13)22)4-19-5-20-12/h2-5,21H,1H3. The molecule has 0 amide bonds. The number of benzene rings is 1. The van der Waals surface area contributed by atoms with Gasteiger partial charge in [0.1, 0.15) is 17.7 Å². The van der Waals surface area contributed by atoms with Crippen molar-refractivity contribution < 1.29 is 23.1 Å². The quantitative estimate of drug-likeness (QED) is 0.860. The number of ketones is 2. The predicted octanol–water partition coefficient (Wildman–Crippen LogP) is 2.86. The molecule has 1 heterocycles. The summed E-state index contributed by atoms with van der Waals surface area (Å²) in [5, 5.41) is 2.45. The van der Waals surface area contributed by atoms with Crippen LogP contribution in [0.15, 0.2) is 34.8 Å². The van der Waals surface area contributed by atoms with Crippen molar-refractivity contribution in [1.82, 2.24) is 9.97 Å². The Hall–Kier alpha value is -2.68. The number of hydrogen-bond acceptors (Lipinski definition) is 6. The normalized spacial score (nSPS) is 13.8. The molecule has 0 atom stereocenters. The number of hydrogen-bond donors (Lipinski definition) is 1. The Balaban J connectivity index is 2.05. The molecule has 0 radical (unpaired) electrons. The van der Waals surface area contributed by atoms with Crippen molar-refractivity contribution in [3.05, 3.63) is 57.7 Å². The minimum atomic E-state index is -1.24. The molecule has 24 heavy (non-hydrogen) atoms. The molecule has 1 aliphatic rings. The second kappa shape index (κ2) is 6.08. The number of anilines is 1. The fourth-order valence-electron chi connectivity index (χ4n) is 2.16. The van der Waals surface area contributed by atoms with Crippen LogP contribution < -0.4 is 10.1 Å². The predicted molar refractivity (Wildman–Crippen MR) is 83.2 cm³/mol. The van der Waals surface area contributed by atoms with E-state index < -0.39 is 23.2 Å². The molecular formula is C15H8BrF2N3O3. The van der Waals surface area contributed by atoms with Gasteiger partial charge in [0, 0.05) is 6.20 Å². The number of halogens is 3. The first-order chi connectivity index (χ1) is 11.5. The topological polar surface area (TPSA) is 81.2 Å². The Kier molecular flexibility index (Phi) is 4.10. The Morgan fingerprint density at radius 2 is 1.92 bits per heavy atom. The van der Waals surface area contributed by atoms with Gasteiger partial charge in [0.15, 0.2) is 11.6 Å². The number of allylic oxidation sites excluding steroid dienone is 2. The number of ether oxygens (including phenoxy) is 1. The van der Waals surface area contributed by atoms with Gasteiger partial charge in [-0.15, -0.1) is 0 Å². The van der Waals surface area contributed by atoms with Crippen LogP contribution in [0, 0.1) is 11.6 Å². The third-order valence-corrected chi connectivity index (χ3v) is 4.10. The van der Waals surface area contributed by atoms with E-state index in [2.05, 4.69) is 36.0 Å². The number of aromatic nitrogens is 2. The monoisotopic (exact) mass is 395 g/mol. The first-order valence-electron chi connectivity index (χ1n) is 6.54. The summed E-state index contributed by atoms with van der Waals surface area (Å²) >= 11 is 3.00. The average Bonchev–Trinajstić information content (AvgIpc) is 2.60. The van der Waals surface area contributed by atoms with E-state index in [4.69, 9.17) is 0 Å². The van der Waals surface area contributed by atoms with Crippen LogP contribution in [0.5, 0.6) is 5.75 Å². The van der Waals surface area contributed by atoms with Crippen LogP contribution in [-0.2, 0) is 0 Å². The van der Waals surface area contributed by atoms with Gasteiger partial charge in [0.05, 0.1) is 22.8 Å². The van der Waals surface area contributed by atoms with Crippen molar-refractivity contribution in [1.29, 1.82) is 0 Å². The number of carbonyl (C=O) groups excluding carboxylic acids is 2. The van der Waals surface area contributed by atoms with Gasteiger partial charge < -0.3 is 10.1 Å². The average molecular weight is 396 g/mol. The van der Waals surface area contributed by atoms with Crippen LogP contribution in [-0.4, -0.2) is 28.6 Å². The molecule has 0 bridgehead atoms. The molecule has 1 aromatic heterocycles. The number of nitrogens with one attached hydrogen (secondary N) is 1. The van der Waals surface area contributed by atoms with Crippen LogP contribution in [0.2, 0.25) is 0 Å². The molecule has 6 nitrogen and oxygen atoms in total. The van der Waals surface area contributed by atoms with Gasteiger partial charge in [-0.25, -0.2) is 14.4 Å². The number of methoxy groups -OCH3 is 1. The molecule has 3 rings (SSSR count). The van der Waals surface area contributed by atoms with Crippen molar-refractivity contribution in [3.8, 4) is 5.75 Å². The van der Waals surface area contributed by atoms with E-state index in [0.717, 1.165) is 6.33 Å². The third-order valence-electron chi connectivity index (χ3n) is 3.34. The van der Waals surface area contributed by atoms with E-state index >= 15 is 0 Å². The van der Waals surface area contributed by atoms with Gasteiger partial charge in [-0.1, -0.05) is 0 Å². The highest BCUT2D eigenvalue weighted by Gasteiger charge is 2.33. The Bertz CT molecular complexity index is 915. The summed E-state index contributed by atoms with van der Waals surface area (Å²) in [6.07, 6.45) is 2.33. The molecular weight excluding hydrogens is 388 g/mol. The van der Waals surface area contributed by atoms with Crippen molar-refractivity contribution in [3.63, 3.8) is 0 Å². The first kappa shape index (κ1) is 16.2. The lowest BCUT2D eigenvalue weighted by Gasteiger charge is -2.18. The molecule has 0 saturated carbocycles. The van der Waals surface area contributed by atoms with E-state index in [9.17, 15) is 18.4 Å². The Morgan fingerprint density at radius 1 is 1.17 bits per heavy atom. The van der Waals surface area contributed by atoms with Gasteiger partial charge in [0.2, 0.25) is 17.4 Å². The molecule has 0 unspecified atom stereocenters. The molecule has 1 aliphatic carbocycles. The van der Waals surface area contributed by atoms with Crippen molar-refractivity contribution in [2.24, 2.45) is 0 Å². The van der Waals surface area contributed by atoms with Crippen LogP contribution >= 0.6 is 15.9 Å². The summed E-state index contributed by atoms with van der Waals surface area (Å²) in [4.78, 5) is 32.2. The lowest BCUT2D eigenvalue weighted by atomic mass is 9.98. The fraction of sp³-hybridized carbons (Fsp3) is 0.0667. The molecule has 1 aromatic carbocycles. The summed E-state index contributed by atoms with van der Waals surface area (Å²) in [6, 6.07) is 2.39. The number of rotatable bonds is 3. The maximum atomic E-state index is 14.1. The molecule has 9 heteroatoms. The molecule has 0 spiro atoms. The van der Waals surface area contributed by atoms with E-state index in [-0.39, 0.29) is 32.9 Å². The Morgan fingerprint density at radius 3 is 2.62 bits per heavy atom. The highest BCUT2D eigenvalue weighted by molar-refractivity contribution is 9.12. The van der Waals surface area contributed by atoms with E-state index in [1.807, 2.05) is 0 Å². The number of fused-ring (bicyclic) bond motifs is 1. The van der Waals surface area contributed by atoms with Crippen molar-refractivity contribution in [2.45, 2.75) is 0 Å². The molecule has 122 valence electrons. The number of nitrogens with zero attached hydrogens (tertiary/aromatic N) is 2. The second-order valence-electron chi connectivity index (χ2n) is 4.70. The summed E-state index contributed by atoms with van der Waals surface area (Å²) in [7, 11) is 1.20. The lowest BCUT2D eigenvalue weighted by molar-refractivity contribution is 0.0979. The summed E-state index contributed by atoms with van der Waals surface area (Å²) in [6.45, 7) is 0. The minimum Gasteiger partial charge on any atom is -0.494 e. The lowest BCUT2D eigenvalue weighted by Crippen LogP contribution is -2.25. The fourth-order valence-corrected chi connectivity index (χ4v) is 2.63. The zero-order valence-corrected chi connectivity index (χ0v) is 13.6. The maximum Gasteiger partial charge on any atom is 0.221 e. The number of carbonyl (C=O) groups is 2. The third kappa shape index (κ3) is 2.46. The smallest absolute Gasteiger partial charge is 0.221 e. The SMILES string of the molecule is COc1ccc(NC2=C(Br)C(=O)c3ncncc3C2=O)c(F)c1F. The van der Waals surface area contributed by atoms with Gasteiger partial charge >= 0.3 is 0 Å². The van der Waals surface area contributed by atoms with Crippen LogP contribution in [0.25, 0.3) is 0 Å².